The standard InChI is InChI=1S/C15H18FN5OS/c16-12-6-4-5-11(9-12)14-18-19-15(21(14)17)23-10-13(22)20-7-2-1-3-8-20/h4-6,9H,1-3,7-8,10,17H2. The Hall–Kier alpha value is -2.09. The lowest BCUT2D eigenvalue weighted by Crippen LogP contribution is -2.36. The van der Waals surface area contributed by atoms with Crippen molar-refractivity contribution in [3.05, 3.63) is 30.1 Å². The molecule has 0 atom stereocenters. The minimum absolute atomic E-state index is 0.0880. The lowest BCUT2D eigenvalue weighted by atomic mass is 10.1. The second-order valence-electron chi connectivity index (χ2n) is 5.42. The monoisotopic (exact) mass is 335 g/mol. The number of halogens is 1. The van der Waals surface area contributed by atoms with Gasteiger partial charge in [-0.05, 0) is 31.4 Å². The van der Waals surface area contributed by atoms with E-state index in [2.05, 4.69) is 10.2 Å². The maximum atomic E-state index is 13.3. The van der Waals surface area contributed by atoms with Crippen LogP contribution in [0.2, 0.25) is 0 Å². The van der Waals surface area contributed by atoms with E-state index in [0.717, 1.165) is 25.9 Å². The number of nitrogen functional groups attached to an aromatic ring is 1. The van der Waals surface area contributed by atoms with Crippen LogP contribution in [0.15, 0.2) is 29.4 Å². The molecule has 1 fully saturated rings. The zero-order valence-corrected chi connectivity index (χ0v) is 13.4. The van der Waals surface area contributed by atoms with Crippen LogP contribution in [0.25, 0.3) is 11.4 Å². The smallest absolute Gasteiger partial charge is 0.233 e. The van der Waals surface area contributed by atoms with Gasteiger partial charge in [-0.15, -0.1) is 10.2 Å². The van der Waals surface area contributed by atoms with Crippen molar-refractivity contribution in [1.82, 2.24) is 19.8 Å². The van der Waals surface area contributed by atoms with E-state index in [1.807, 2.05) is 4.90 Å². The number of benzene rings is 1. The van der Waals surface area contributed by atoms with Crippen LogP contribution >= 0.6 is 11.8 Å². The van der Waals surface area contributed by atoms with Crippen LogP contribution in [0.1, 0.15) is 19.3 Å². The van der Waals surface area contributed by atoms with Gasteiger partial charge in [0, 0.05) is 18.7 Å². The number of nitrogens with two attached hydrogens (primary N) is 1. The topological polar surface area (TPSA) is 77.0 Å². The molecule has 2 aromatic rings. The van der Waals surface area contributed by atoms with Crippen LogP contribution < -0.4 is 5.84 Å². The van der Waals surface area contributed by atoms with Gasteiger partial charge in [-0.25, -0.2) is 9.07 Å². The normalized spacial score (nSPS) is 14.9. The van der Waals surface area contributed by atoms with Gasteiger partial charge in [-0.3, -0.25) is 4.79 Å². The van der Waals surface area contributed by atoms with E-state index in [9.17, 15) is 9.18 Å². The molecule has 1 amide bonds. The van der Waals surface area contributed by atoms with Crippen LogP contribution in [0.4, 0.5) is 4.39 Å². The van der Waals surface area contributed by atoms with Crippen molar-refractivity contribution in [3.8, 4) is 11.4 Å². The number of carbonyl (C=O) groups is 1. The van der Waals surface area contributed by atoms with Crippen LogP contribution in [0.3, 0.4) is 0 Å². The Bertz CT molecular complexity index is 699. The summed E-state index contributed by atoms with van der Waals surface area (Å²) >= 11 is 1.25. The number of hydrogen-bond acceptors (Lipinski definition) is 5. The zero-order valence-electron chi connectivity index (χ0n) is 12.6. The van der Waals surface area contributed by atoms with E-state index in [4.69, 9.17) is 5.84 Å². The third-order valence-electron chi connectivity index (χ3n) is 3.78. The number of likely N-dealkylation sites (tertiary alicyclic amines) is 1. The highest BCUT2D eigenvalue weighted by Crippen LogP contribution is 2.22. The molecular weight excluding hydrogens is 317 g/mol. The Kier molecular flexibility index (Phi) is 4.80. The van der Waals surface area contributed by atoms with Crippen molar-refractivity contribution < 1.29 is 9.18 Å². The molecule has 0 bridgehead atoms. The number of nitrogens with zero attached hydrogens (tertiary/aromatic N) is 4. The summed E-state index contributed by atoms with van der Waals surface area (Å²) in [5, 5.41) is 8.43. The third-order valence-corrected chi connectivity index (χ3v) is 4.71. The predicted molar refractivity (Wildman–Crippen MR) is 86.7 cm³/mol. The molecule has 1 aromatic carbocycles. The fourth-order valence-corrected chi connectivity index (χ4v) is 3.32. The van der Waals surface area contributed by atoms with Crippen molar-refractivity contribution in [2.24, 2.45) is 0 Å². The first kappa shape index (κ1) is 15.8. The lowest BCUT2D eigenvalue weighted by Gasteiger charge is -2.26. The molecule has 3 rings (SSSR count). The fourth-order valence-electron chi connectivity index (χ4n) is 2.56. The summed E-state index contributed by atoms with van der Waals surface area (Å²) in [6, 6.07) is 6.00. The Balaban J connectivity index is 1.66. The first-order valence-corrected chi connectivity index (χ1v) is 8.51. The molecule has 2 N–H and O–H groups in total. The summed E-state index contributed by atoms with van der Waals surface area (Å²) in [4.78, 5) is 14.0. The number of thioether (sulfide) groups is 1. The van der Waals surface area contributed by atoms with E-state index >= 15 is 0 Å². The van der Waals surface area contributed by atoms with Gasteiger partial charge < -0.3 is 10.7 Å². The molecular formula is C15H18FN5OS. The molecule has 23 heavy (non-hydrogen) atoms. The SMILES string of the molecule is Nn1c(SCC(=O)N2CCCCC2)nnc1-c1cccc(F)c1. The molecule has 1 aliphatic rings. The van der Waals surface area contributed by atoms with Crippen LogP contribution in [-0.2, 0) is 4.79 Å². The average Bonchev–Trinajstić information content (AvgIpc) is 2.94. The quantitative estimate of drug-likeness (QED) is 0.682. The van der Waals surface area contributed by atoms with E-state index in [-0.39, 0.29) is 17.5 Å². The van der Waals surface area contributed by atoms with E-state index in [1.165, 1.54) is 35.0 Å². The van der Waals surface area contributed by atoms with Crippen LogP contribution in [0, 0.1) is 5.82 Å². The minimum Gasteiger partial charge on any atom is -0.342 e. The summed E-state index contributed by atoms with van der Waals surface area (Å²) in [7, 11) is 0. The van der Waals surface area contributed by atoms with Gasteiger partial charge in [-0.1, -0.05) is 23.9 Å². The molecule has 1 aromatic heterocycles. The summed E-state index contributed by atoms with van der Waals surface area (Å²) < 4.78 is 14.6. The maximum Gasteiger partial charge on any atom is 0.233 e. The maximum absolute atomic E-state index is 13.3. The van der Waals surface area contributed by atoms with Gasteiger partial charge in [0.25, 0.3) is 0 Å². The van der Waals surface area contributed by atoms with E-state index < -0.39 is 0 Å². The Labute approximate surface area is 137 Å². The van der Waals surface area contributed by atoms with Gasteiger partial charge in [0.05, 0.1) is 5.75 Å². The van der Waals surface area contributed by atoms with Crippen molar-refractivity contribution in [3.63, 3.8) is 0 Å². The number of carbonyl (C=O) groups excluding carboxylic acids is 1. The summed E-state index contributed by atoms with van der Waals surface area (Å²) in [6.07, 6.45) is 3.31. The fraction of sp³-hybridized carbons (Fsp3) is 0.400. The predicted octanol–water partition coefficient (Wildman–Crippen LogP) is 1.90. The van der Waals surface area contributed by atoms with Crippen molar-refractivity contribution in [2.75, 3.05) is 24.7 Å². The molecule has 0 unspecified atom stereocenters. The highest BCUT2D eigenvalue weighted by molar-refractivity contribution is 7.99. The van der Waals surface area contributed by atoms with Gasteiger partial charge in [0.2, 0.25) is 11.1 Å². The molecule has 1 saturated heterocycles. The second-order valence-corrected chi connectivity index (χ2v) is 6.36. The minimum atomic E-state index is -0.361. The average molecular weight is 335 g/mol. The number of hydrogen-bond donors (Lipinski definition) is 1. The number of aromatic nitrogens is 3. The second kappa shape index (κ2) is 6.99. The molecule has 0 saturated carbocycles. The zero-order chi connectivity index (χ0) is 16.2. The van der Waals surface area contributed by atoms with Gasteiger partial charge in [0.15, 0.2) is 5.82 Å². The van der Waals surface area contributed by atoms with Gasteiger partial charge >= 0.3 is 0 Å². The molecule has 1 aliphatic heterocycles. The summed E-state index contributed by atoms with van der Waals surface area (Å²) in [5.41, 5.74) is 0.550. The molecule has 0 radical (unpaired) electrons. The Morgan fingerprint density at radius 2 is 2.04 bits per heavy atom. The highest BCUT2D eigenvalue weighted by atomic mass is 32.2. The number of rotatable bonds is 4. The van der Waals surface area contributed by atoms with Crippen molar-refractivity contribution in [2.45, 2.75) is 24.4 Å². The van der Waals surface area contributed by atoms with Crippen molar-refractivity contribution >= 4 is 17.7 Å². The lowest BCUT2D eigenvalue weighted by molar-refractivity contribution is -0.129. The van der Waals surface area contributed by atoms with Crippen LogP contribution in [0.5, 0.6) is 0 Å². The largest absolute Gasteiger partial charge is 0.342 e. The molecule has 8 heteroatoms. The molecule has 2 heterocycles. The van der Waals surface area contributed by atoms with Gasteiger partial charge in [-0.2, -0.15) is 0 Å². The van der Waals surface area contributed by atoms with E-state index in [0.29, 0.717) is 16.5 Å². The van der Waals surface area contributed by atoms with E-state index in [1.54, 1.807) is 12.1 Å². The summed E-state index contributed by atoms with van der Waals surface area (Å²) in [6.45, 7) is 1.65. The van der Waals surface area contributed by atoms with Crippen LogP contribution in [-0.4, -0.2) is 44.5 Å². The summed E-state index contributed by atoms with van der Waals surface area (Å²) in [5.74, 6) is 6.35. The van der Waals surface area contributed by atoms with Crippen molar-refractivity contribution in [1.29, 1.82) is 0 Å². The first-order valence-electron chi connectivity index (χ1n) is 7.52. The first-order chi connectivity index (χ1) is 11.1. The highest BCUT2D eigenvalue weighted by Gasteiger charge is 2.19. The Morgan fingerprint density at radius 1 is 1.26 bits per heavy atom. The molecule has 6 nitrogen and oxygen atoms in total. The molecule has 0 spiro atoms. The Morgan fingerprint density at radius 3 is 2.78 bits per heavy atom. The number of piperidine rings is 1. The van der Waals surface area contributed by atoms with Gasteiger partial charge in [0.1, 0.15) is 5.82 Å². The molecule has 122 valence electrons. The number of amides is 1. The molecule has 0 aliphatic carbocycles. The third kappa shape index (κ3) is 3.64.